The van der Waals surface area contributed by atoms with Crippen molar-refractivity contribution in [1.82, 2.24) is 10.2 Å². The number of thioether (sulfide) groups is 1. The third kappa shape index (κ3) is 2.59. The van der Waals surface area contributed by atoms with E-state index in [-0.39, 0.29) is 5.76 Å². The van der Waals surface area contributed by atoms with Gasteiger partial charge in [0.05, 0.1) is 12.0 Å². The molecule has 3 aromatic heterocycles. The lowest BCUT2D eigenvalue weighted by Gasteiger charge is -1.92. The van der Waals surface area contributed by atoms with E-state index < -0.39 is 5.97 Å². The second-order valence-electron chi connectivity index (χ2n) is 3.69. The van der Waals surface area contributed by atoms with E-state index in [1.165, 1.54) is 24.1 Å². The molecule has 3 aromatic rings. The molecule has 3 rings (SSSR count). The van der Waals surface area contributed by atoms with Crippen LogP contribution in [0.25, 0.3) is 11.7 Å². The molecule has 20 heavy (non-hydrogen) atoms. The maximum absolute atomic E-state index is 10.7. The average molecular weight is 292 g/mol. The van der Waals surface area contributed by atoms with Crippen molar-refractivity contribution in [1.29, 1.82) is 0 Å². The molecule has 0 aromatic carbocycles. The Morgan fingerprint density at radius 1 is 1.25 bits per heavy atom. The van der Waals surface area contributed by atoms with Crippen molar-refractivity contribution in [2.45, 2.75) is 10.8 Å². The summed E-state index contributed by atoms with van der Waals surface area (Å²) < 4.78 is 15.6. The highest BCUT2D eigenvalue weighted by molar-refractivity contribution is 7.98. The van der Waals surface area contributed by atoms with E-state index in [0.29, 0.717) is 28.4 Å². The third-order valence-electron chi connectivity index (χ3n) is 2.33. The Kier molecular flexibility index (Phi) is 3.30. The molecule has 0 aliphatic rings. The summed E-state index contributed by atoms with van der Waals surface area (Å²) >= 11 is 1.27. The van der Waals surface area contributed by atoms with Gasteiger partial charge in [0.15, 0.2) is 10.9 Å². The van der Waals surface area contributed by atoms with Crippen LogP contribution in [-0.2, 0) is 5.75 Å². The standard InChI is InChI=1S/C12H8N2O5S/c15-12(16)8-3-4-10(18-8)20-6-9-13-14-11(19-9)7-2-1-5-17-7/h1-5H,6H2,(H,15,16). The van der Waals surface area contributed by atoms with Gasteiger partial charge in [-0.25, -0.2) is 4.79 Å². The molecular formula is C12H8N2O5S. The van der Waals surface area contributed by atoms with E-state index in [2.05, 4.69) is 10.2 Å². The summed E-state index contributed by atoms with van der Waals surface area (Å²) in [7, 11) is 0. The maximum Gasteiger partial charge on any atom is 0.371 e. The number of hydrogen-bond acceptors (Lipinski definition) is 7. The van der Waals surface area contributed by atoms with Gasteiger partial charge in [0.1, 0.15) is 0 Å². The summed E-state index contributed by atoms with van der Waals surface area (Å²) in [5.74, 6) is 0.371. The van der Waals surface area contributed by atoms with Crippen LogP contribution in [-0.4, -0.2) is 21.3 Å². The summed E-state index contributed by atoms with van der Waals surface area (Å²) in [6.45, 7) is 0. The monoisotopic (exact) mass is 292 g/mol. The van der Waals surface area contributed by atoms with Gasteiger partial charge >= 0.3 is 5.97 Å². The van der Waals surface area contributed by atoms with Gasteiger partial charge in [0.25, 0.3) is 5.89 Å². The van der Waals surface area contributed by atoms with Crippen LogP contribution in [0.2, 0.25) is 0 Å². The van der Waals surface area contributed by atoms with Gasteiger partial charge in [0.2, 0.25) is 11.7 Å². The molecule has 7 nitrogen and oxygen atoms in total. The number of carbonyl (C=O) groups is 1. The van der Waals surface area contributed by atoms with Gasteiger partial charge in [-0.15, -0.1) is 10.2 Å². The summed E-state index contributed by atoms with van der Waals surface area (Å²) in [6.07, 6.45) is 1.52. The molecule has 1 N–H and O–H groups in total. The van der Waals surface area contributed by atoms with Gasteiger partial charge in [-0.05, 0) is 24.3 Å². The van der Waals surface area contributed by atoms with Gasteiger partial charge in [-0.2, -0.15) is 0 Å². The number of furan rings is 2. The molecule has 8 heteroatoms. The van der Waals surface area contributed by atoms with Crippen molar-refractivity contribution in [2.75, 3.05) is 0 Å². The van der Waals surface area contributed by atoms with Crippen molar-refractivity contribution >= 4 is 17.7 Å². The van der Waals surface area contributed by atoms with Crippen LogP contribution in [0.5, 0.6) is 0 Å². The van der Waals surface area contributed by atoms with Crippen LogP contribution in [0.1, 0.15) is 16.4 Å². The number of nitrogens with zero attached hydrogens (tertiary/aromatic N) is 2. The second-order valence-corrected chi connectivity index (χ2v) is 4.67. The first-order valence-corrected chi connectivity index (χ1v) is 6.53. The molecule has 0 saturated carbocycles. The minimum absolute atomic E-state index is 0.102. The van der Waals surface area contributed by atoms with Gasteiger partial charge < -0.3 is 18.4 Å². The number of rotatable bonds is 5. The Labute approximate surface area is 116 Å². The quantitative estimate of drug-likeness (QED) is 0.716. The van der Waals surface area contributed by atoms with Crippen molar-refractivity contribution in [2.24, 2.45) is 0 Å². The molecule has 0 atom stereocenters. The molecule has 0 saturated heterocycles. The molecule has 0 aliphatic heterocycles. The highest BCUT2D eigenvalue weighted by Crippen LogP contribution is 2.26. The number of carboxylic acid groups (broad SMARTS) is 1. The maximum atomic E-state index is 10.7. The fourth-order valence-electron chi connectivity index (χ4n) is 1.46. The van der Waals surface area contributed by atoms with E-state index in [1.54, 1.807) is 18.2 Å². The number of carboxylic acids is 1. The summed E-state index contributed by atoms with van der Waals surface area (Å²) in [5.41, 5.74) is 0. The average Bonchev–Trinajstić information content (AvgIpc) is 3.17. The van der Waals surface area contributed by atoms with Crippen LogP contribution in [0.15, 0.2) is 48.9 Å². The van der Waals surface area contributed by atoms with Crippen LogP contribution >= 0.6 is 11.8 Å². The van der Waals surface area contributed by atoms with E-state index in [1.807, 2.05) is 0 Å². The summed E-state index contributed by atoms with van der Waals surface area (Å²) in [4.78, 5) is 10.7. The molecule has 3 heterocycles. The SMILES string of the molecule is O=C(O)c1ccc(SCc2nnc(-c3ccco3)o2)o1. The van der Waals surface area contributed by atoms with E-state index in [9.17, 15) is 4.79 Å². The first-order chi connectivity index (χ1) is 9.72. The number of aromatic carboxylic acids is 1. The number of hydrogen-bond donors (Lipinski definition) is 1. The zero-order valence-electron chi connectivity index (χ0n) is 9.98. The van der Waals surface area contributed by atoms with Gasteiger partial charge in [0, 0.05) is 0 Å². The molecule has 0 amide bonds. The van der Waals surface area contributed by atoms with E-state index >= 15 is 0 Å². The molecule has 0 fully saturated rings. The Hall–Kier alpha value is -2.48. The Morgan fingerprint density at radius 2 is 2.15 bits per heavy atom. The van der Waals surface area contributed by atoms with Crippen molar-refractivity contribution in [3.05, 3.63) is 42.2 Å². The summed E-state index contributed by atoms with van der Waals surface area (Å²) in [6, 6.07) is 6.42. The third-order valence-corrected chi connectivity index (χ3v) is 3.22. The largest absolute Gasteiger partial charge is 0.475 e. The molecule has 0 aliphatic carbocycles. The van der Waals surface area contributed by atoms with Crippen LogP contribution in [0.4, 0.5) is 0 Å². The minimum atomic E-state index is -1.10. The smallest absolute Gasteiger partial charge is 0.371 e. The van der Waals surface area contributed by atoms with Gasteiger partial charge in [-0.3, -0.25) is 0 Å². The Morgan fingerprint density at radius 3 is 2.85 bits per heavy atom. The van der Waals surface area contributed by atoms with Crippen LogP contribution < -0.4 is 0 Å². The zero-order chi connectivity index (χ0) is 13.9. The lowest BCUT2D eigenvalue weighted by molar-refractivity contribution is 0.0656. The molecule has 0 spiro atoms. The molecule has 0 radical (unpaired) electrons. The lowest BCUT2D eigenvalue weighted by Crippen LogP contribution is -1.91. The Balaban J connectivity index is 1.65. The van der Waals surface area contributed by atoms with Crippen LogP contribution in [0, 0.1) is 0 Å². The minimum Gasteiger partial charge on any atom is -0.475 e. The second kappa shape index (κ2) is 5.25. The van der Waals surface area contributed by atoms with Crippen molar-refractivity contribution in [3.8, 4) is 11.7 Å². The normalized spacial score (nSPS) is 10.8. The van der Waals surface area contributed by atoms with Crippen molar-refractivity contribution < 1.29 is 23.2 Å². The fraction of sp³-hybridized carbons (Fsp3) is 0.0833. The molecule has 102 valence electrons. The highest BCUT2D eigenvalue weighted by Gasteiger charge is 2.13. The molecular weight excluding hydrogens is 284 g/mol. The topological polar surface area (TPSA) is 102 Å². The van der Waals surface area contributed by atoms with Crippen LogP contribution in [0.3, 0.4) is 0 Å². The molecule has 0 unspecified atom stereocenters. The predicted octanol–water partition coefficient (Wildman–Crippen LogP) is 2.91. The Bertz CT molecular complexity index is 716. The van der Waals surface area contributed by atoms with Crippen molar-refractivity contribution in [3.63, 3.8) is 0 Å². The first kappa shape index (κ1) is 12.5. The summed E-state index contributed by atoms with van der Waals surface area (Å²) in [5, 5.41) is 16.9. The zero-order valence-corrected chi connectivity index (χ0v) is 10.8. The van der Waals surface area contributed by atoms with E-state index in [0.717, 1.165) is 0 Å². The number of aromatic nitrogens is 2. The van der Waals surface area contributed by atoms with E-state index in [4.69, 9.17) is 18.4 Å². The lowest BCUT2D eigenvalue weighted by atomic mass is 10.5. The first-order valence-electron chi connectivity index (χ1n) is 5.54. The highest BCUT2D eigenvalue weighted by atomic mass is 32.2. The van der Waals surface area contributed by atoms with Gasteiger partial charge in [-0.1, -0.05) is 11.8 Å². The fourth-order valence-corrected chi connectivity index (χ4v) is 2.15. The molecule has 0 bridgehead atoms. The predicted molar refractivity (Wildman–Crippen MR) is 67.2 cm³/mol.